The molecule has 3 rings (SSSR count). The molecule has 1 fully saturated rings. The predicted octanol–water partition coefficient (Wildman–Crippen LogP) is -0.356. The molecule has 2 N–H and O–H groups in total. The molecule has 3 heterocycles. The van der Waals surface area contributed by atoms with Crippen molar-refractivity contribution in [1.29, 1.82) is 0 Å². The lowest BCUT2D eigenvalue weighted by Gasteiger charge is -2.27. The molecule has 1 amide bonds. The standard InChI is InChI=1S/C13H17N5O2.ClH/c19-12(15-9-10-7-14-8-10)4-6-18-13(20)17-5-2-1-3-11(17)16-18;/h1-3,5,10,14H,4,6-9H2,(H,15,19);1H. The highest BCUT2D eigenvalue weighted by Gasteiger charge is 2.17. The van der Waals surface area contributed by atoms with Crippen molar-refractivity contribution in [2.24, 2.45) is 5.92 Å². The third-order valence-corrected chi connectivity index (χ3v) is 3.49. The number of fused-ring (bicyclic) bond motifs is 1. The SMILES string of the molecule is Cl.O=C(CCn1nc2ccccn2c1=O)NCC1CNC1. The van der Waals surface area contributed by atoms with E-state index in [1.54, 1.807) is 18.3 Å². The van der Waals surface area contributed by atoms with Gasteiger partial charge >= 0.3 is 5.69 Å². The van der Waals surface area contributed by atoms with E-state index < -0.39 is 0 Å². The molecule has 7 nitrogen and oxygen atoms in total. The van der Waals surface area contributed by atoms with Gasteiger partial charge < -0.3 is 10.6 Å². The second kappa shape index (κ2) is 6.73. The maximum atomic E-state index is 12.0. The highest BCUT2D eigenvalue weighted by atomic mass is 35.5. The molecule has 21 heavy (non-hydrogen) atoms. The zero-order valence-electron chi connectivity index (χ0n) is 11.5. The number of hydrogen-bond acceptors (Lipinski definition) is 4. The van der Waals surface area contributed by atoms with Gasteiger partial charge in [-0.3, -0.25) is 9.20 Å². The summed E-state index contributed by atoms with van der Waals surface area (Å²) in [7, 11) is 0. The summed E-state index contributed by atoms with van der Waals surface area (Å²) in [6.07, 6.45) is 1.94. The van der Waals surface area contributed by atoms with Crippen molar-refractivity contribution in [2.75, 3.05) is 19.6 Å². The minimum Gasteiger partial charge on any atom is -0.356 e. The number of nitrogens with zero attached hydrogens (tertiary/aromatic N) is 3. The third kappa shape index (κ3) is 3.43. The fourth-order valence-corrected chi connectivity index (χ4v) is 2.16. The quantitative estimate of drug-likeness (QED) is 0.790. The maximum Gasteiger partial charge on any atom is 0.350 e. The molecule has 0 spiro atoms. The van der Waals surface area contributed by atoms with E-state index in [4.69, 9.17) is 0 Å². The molecule has 2 aromatic heterocycles. The number of carbonyl (C=O) groups excluding carboxylic acids is 1. The molecule has 1 saturated heterocycles. The minimum atomic E-state index is -0.211. The van der Waals surface area contributed by atoms with Gasteiger partial charge in [-0.25, -0.2) is 9.48 Å². The van der Waals surface area contributed by atoms with Crippen LogP contribution in [-0.2, 0) is 11.3 Å². The summed E-state index contributed by atoms with van der Waals surface area (Å²) < 4.78 is 2.80. The van der Waals surface area contributed by atoms with Crippen LogP contribution in [0.25, 0.3) is 5.65 Å². The van der Waals surface area contributed by atoms with E-state index in [0.717, 1.165) is 13.1 Å². The van der Waals surface area contributed by atoms with Gasteiger partial charge in [-0.15, -0.1) is 17.5 Å². The number of aromatic nitrogens is 3. The van der Waals surface area contributed by atoms with Crippen molar-refractivity contribution in [3.05, 3.63) is 34.9 Å². The lowest BCUT2D eigenvalue weighted by Crippen LogP contribution is -2.48. The van der Waals surface area contributed by atoms with E-state index in [9.17, 15) is 9.59 Å². The van der Waals surface area contributed by atoms with Gasteiger partial charge in [-0.05, 0) is 12.1 Å². The average Bonchev–Trinajstić information content (AvgIpc) is 2.72. The van der Waals surface area contributed by atoms with Crippen molar-refractivity contribution in [2.45, 2.75) is 13.0 Å². The van der Waals surface area contributed by atoms with Crippen molar-refractivity contribution >= 4 is 24.0 Å². The summed E-state index contributed by atoms with van der Waals surface area (Å²) >= 11 is 0. The fraction of sp³-hybridized carbons (Fsp3) is 0.462. The van der Waals surface area contributed by atoms with E-state index in [2.05, 4.69) is 15.7 Å². The molecule has 0 aliphatic carbocycles. The maximum absolute atomic E-state index is 12.0. The van der Waals surface area contributed by atoms with Gasteiger partial charge in [0, 0.05) is 38.2 Å². The van der Waals surface area contributed by atoms with Gasteiger partial charge in [-0.2, -0.15) is 0 Å². The van der Waals surface area contributed by atoms with Crippen LogP contribution in [0.3, 0.4) is 0 Å². The first-order valence-electron chi connectivity index (χ1n) is 6.75. The number of pyridine rings is 1. The van der Waals surface area contributed by atoms with Crippen molar-refractivity contribution in [3.63, 3.8) is 0 Å². The Morgan fingerprint density at radius 1 is 1.43 bits per heavy atom. The molecule has 0 aromatic carbocycles. The number of nitrogens with one attached hydrogen (secondary N) is 2. The number of amides is 1. The van der Waals surface area contributed by atoms with E-state index in [1.807, 2.05) is 6.07 Å². The number of carbonyl (C=O) groups is 1. The van der Waals surface area contributed by atoms with Crippen molar-refractivity contribution in [1.82, 2.24) is 24.8 Å². The van der Waals surface area contributed by atoms with Crippen LogP contribution in [-0.4, -0.2) is 39.7 Å². The molecule has 0 bridgehead atoms. The van der Waals surface area contributed by atoms with Crippen molar-refractivity contribution < 1.29 is 4.79 Å². The topological polar surface area (TPSA) is 80.4 Å². The summed E-state index contributed by atoms with van der Waals surface area (Å²) in [6.45, 7) is 2.93. The Morgan fingerprint density at radius 2 is 2.24 bits per heavy atom. The van der Waals surface area contributed by atoms with Gasteiger partial charge in [0.1, 0.15) is 0 Å². The second-order valence-electron chi connectivity index (χ2n) is 5.01. The van der Waals surface area contributed by atoms with Gasteiger partial charge in [0.05, 0.1) is 6.54 Å². The first kappa shape index (κ1) is 15.5. The number of rotatable bonds is 5. The van der Waals surface area contributed by atoms with Gasteiger partial charge in [0.25, 0.3) is 0 Å². The lowest BCUT2D eigenvalue weighted by molar-refractivity contribution is -0.121. The summed E-state index contributed by atoms with van der Waals surface area (Å²) in [6, 6.07) is 5.37. The molecule has 0 atom stereocenters. The Hall–Kier alpha value is -1.86. The highest BCUT2D eigenvalue weighted by Crippen LogP contribution is 2.00. The van der Waals surface area contributed by atoms with Crippen LogP contribution >= 0.6 is 12.4 Å². The fourth-order valence-electron chi connectivity index (χ4n) is 2.16. The summed E-state index contributed by atoms with van der Waals surface area (Å²) in [5, 5.41) is 10.2. The van der Waals surface area contributed by atoms with Crippen LogP contribution in [0.2, 0.25) is 0 Å². The van der Waals surface area contributed by atoms with E-state index in [0.29, 0.717) is 24.7 Å². The molecule has 0 saturated carbocycles. The lowest BCUT2D eigenvalue weighted by atomic mass is 10.0. The van der Waals surface area contributed by atoms with Crippen LogP contribution in [0.15, 0.2) is 29.2 Å². The molecule has 1 aliphatic rings. The molecular formula is C13H18ClN5O2. The zero-order valence-corrected chi connectivity index (χ0v) is 12.3. The Morgan fingerprint density at radius 3 is 2.90 bits per heavy atom. The smallest absolute Gasteiger partial charge is 0.350 e. The van der Waals surface area contributed by atoms with E-state index in [1.165, 1.54) is 9.08 Å². The molecular weight excluding hydrogens is 294 g/mol. The van der Waals surface area contributed by atoms with Crippen LogP contribution in [0.1, 0.15) is 6.42 Å². The molecule has 8 heteroatoms. The average molecular weight is 312 g/mol. The molecule has 0 unspecified atom stereocenters. The van der Waals surface area contributed by atoms with E-state index in [-0.39, 0.29) is 30.4 Å². The van der Waals surface area contributed by atoms with Crippen molar-refractivity contribution in [3.8, 4) is 0 Å². The summed E-state index contributed by atoms with van der Waals surface area (Å²) in [5.41, 5.74) is 0.384. The predicted molar refractivity (Wildman–Crippen MR) is 80.7 cm³/mol. The Bertz CT molecular complexity index is 676. The first-order valence-corrected chi connectivity index (χ1v) is 6.75. The normalized spacial score (nSPS) is 14.5. The molecule has 0 radical (unpaired) electrons. The Labute approximate surface area is 127 Å². The minimum absolute atomic E-state index is 0. The van der Waals surface area contributed by atoms with Gasteiger partial charge in [0.2, 0.25) is 5.91 Å². The van der Waals surface area contributed by atoms with Crippen LogP contribution in [0.5, 0.6) is 0 Å². The monoisotopic (exact) mass is 311 g/mol. The molecule has 114 valence electrons. The third-order valence-electron chi connectivity index (χ3n) is 3.49. The highest BCUT2D eigenvalue weighted by molar-refractivity contribution is 5.85. The van der Waals surface area contributed by atoms with Gasteiger partial charge in [0.15, 0.2) is 5.65 Å². The summed E-state index contributed by atoms with van der Waals surface area (Å²) in [5.74, 6) is 0.498. The zero-order chi connectivity index (χ0) is 13.9. The van der Waals surface area contributed by atoms with E-state index >= 15 is 0 Å². The van der Waals surface area contributed by atoms with Crippen LogP contribution < -0.4 is 16.3 Å². The largest absolute Gasteiger partial charge is 0.356 e. The first-order chi connectivity index (χ1) is 9.74. The van der Waals surface area contributed by atoms with Crippen LogP contribution in [0, 0.1) is 5.92 Å². The number of aryl methyl sites for hydroxylation is 1. The Balaban J connectivity index is 0.00000161. The number of halogens is 1. The van der Waals surface area contributed by atoms with Crippen LogP contribution in [0.4, 0.5) is 0 Å². The second-order valence-corrected chi connectivity index (χ2v) is 5.01. The summed E-state index contributed by atoms with van der Waals surface area (Å²) in [4.78, 5) is 23.7. The molecule has 2 aromatic rings. The Kier molecular flexibility index (Phi) is 4.98. The molecule has 1 aliphatic heterocycles. The van der Waals surface area contributed by atoms with Gasteiger partial charge in [-0.1, -0.05) is 6.07 Å². The number of hydrogen-bond donors (Lipinski definition) is 2.